The van der Waals surface area contributed by atoms with Gasteiger partial charge in [-0.05, 0) is 23.6 Å². The molecule has 30 heavy (non-hydrogen) atoms. The van der Waals surface area contributed by atoms with E-state index in [1.165, 1.54) is 15.6 Å². The van der Waals surface area contributed by atoms with E-state index in [0.717, 1.165) is 11.1 Å². The van der Waals surface area contributed by atoms with Gasteiger partial charge < -0.3 is 4.52 Å². The molecule has 0 saturated carbocycles. The van der Waals surface area contributed by atoms with Gasteiger partial charge in [0.25, 0.3) is 10.0 Å². The van der Waals surface area contributed by atoms with Crippen LogP contribution >= 0.6 is 11.3 Å². The lowest BCUT2D eigenvalue weighted by Crippen LogP contribution is -2.32. The van der Waals surface area contributed by atoms with Gasteiger partial charge in [0.05, 0.1) is 0 Å². The number of thiophene rings is 1. The molecule has 0 bridgehead atoms. The van der Waals surface area contributed by atoms with E-state index < -0.39 is 10.0 Å². The molecule has 0 radical (unpaired) electrons. The first-order chi connectivity index (χ1) is 14.5. The van der Waals surface area contributed by atoms with Gasteiger partial charge in [-0.1, -0.05) is 65.8 Å². The summed E-state index contributed by atoms with van der Waals surface area (Å²) in [5.74, 6) is 0.832. The minimum atomic E-state index is -3.68. The number of aromatic nitrogens is 2. The Morgan fingerprint density at radius 2 is 1.67 bits per heavy atom. The molecule has 2 heterocycles. The van der Waals surface area contributed by atoms with Crippen molar-refractivity contribution in [3.05, 3.63) is 89.1 Å². The van der Waals surface area contributed by atoms with E-state index in [1.54, 1.807) is 18.4 Å². The molecule has 2 aromatic heterocycles. The maximum atomic E-state index is 13.5. The van der Waals surface area contributed by atoms with Gasteiger partial charge in [-0.3, -0.25) is 0 Å². The van der Waals surface area contributed by atoms with Crippen LogP contribution in [0.4, 0.5) is 0 Å². The van der Waals surface area contributed by atoms with Crippen molar-refractivity contribution < 1.29 is 12.9 Å². The van der Waals surface area contributed by atoms with Gasteiger partial charge in [0.1, 0.15) is 4.21 Å². The fourth-order valence-corrected chi connectivity index (χ4v) is 5.82. The highest BCUT2D eigenvalue weighted by Crippen LogP contribution is 2.30. The molecule has 0 aliphatic rings. The monoisotopic (exact) mass is 439 g/mol. The Kier molecular flexibility index (Phi) is 6.08. The quantitative estimate of drug-likeness (QED) is 0.403. The summed E-state index contributed by atoms with van der Waals surface area (Å²) in [7, 11) is -3.68. The molecular weight excluding hydrogens is 418 g/mol. The van der Waals surface area contributed by atoms with Crippen molar-refractivity contribution >= 4 is 21.4 Å². The third-order valence-corrected chi connectivity index (χ3v) is 7.91. The average Bonchev–Trinajstić information content (AvgIpc) is 3.42. The smallest absolute Gasteiger partial charge is 0.252 e. The Morgan fingerprint density at radius 1 is 1.00 bits per heavy atom. The molecule has 0 N–H and O–H groups in total. The minimum absolute atomic E-state index is 0.268. The summed E-state index contributed by atoms with van der Waals surface area (Å²) in [6.45, 7) is 2.39. The summed E-state index contributed by atoms with van der Waals surface area (Å²) in [6, 6.07) is 21.1. The molecule has 2 aromatic carbocycles. The highest BCUT2D eigenvalue weighted by atomic mass is 32.2. The van der Waals surface area contributed by atoms with Gasteiger partial charge in [-0.25, -0.2) is 8.42 Å². The fourth-order valence-electron chi connectivity index (χ4n) is 3.08. The molecule has 0 atom stereocenters. The first kappa shape index (κ1) is 20.5. The van der Waals surface area contributed by atoms with Crippen LogP contribution in [0.5, 0.6) is 0 Å². The van der Waals surface area contributed by atoms with Crippen molar-refractivity contribution in [3.63, 3.8) is 0 Å². The van der Waals surface area contributed by atoms with Gasteiger partial charge in [0.15, 0.2) is 0 Å². The van der Waals surface area contributed by atoms with Gasteiger partial charge in [-0.2, -0.15) is 9.29 Å². The maximum Gasteiger partial charge on any atom is 0.252 e. The summed E-state index contributed by atoms with van der Waals surface area (Å²) >= 11 is 1.17. The Labute approximate surface area is 179 Å². The normalized spacial score (nSPS) is 11.8. The zero-order chi connectivity index (χ0) is 21.0. The second kappa shape index (κ2) is 8.91. The van der Waals surface area contributed by atoms with Crippen molar-refractivity contribution in [2.45, 2.75) is 24.1 Å². The predicted molar refractivity (Wildman–Crippen MR) is 117 cm³/mol. The van der Waals surface area contributed by atoms with Crippen LogP contribution in [-0.2, 0) is 23.0 Å². The molecule has 0 saturated heterocycles. The number of hydrogen-bond acceptors (Lipinski definition) is 6. The molecule has 0 amide bonds. The lowest BCUT2D eigenvalue weighted by atomic mass is 10.1. The van der Waals surface area contributed by atoms with E-state index in [-0.39, 0.29) is 4.21 Å². The summed E-state index contributed by atoms with van der Waals surface area (Å²) < 4.78 is 33.8. The summed E-state index contributed by atoms with van der Waals surface area (Å²) in [4.78, 5) is 4.19. The molecular formula is C22H21N3O3S2. The van der Waals surface area contributed by atoms with Gasteiger partial charge >= 0.3 is 0 Å². The Bertz CT molecular complexity index is 1200. The van der Waals surface area contributed by atoms with Gasteiger partial charge in [-0.15, -0.1) is 11.3 Å². The first-order valence-electron chi connectivity index (χ1n) is 9.49. The lowest BCUT2D eigenvalue weighted by molar-refractivity contribution is 0.394. The molecule has 6 nitrogen and oxygen atoms in total. The Morgan fingerprint density at radius 3 is 2.30 bits per heavy atom. The minimum Gasteiger partial charge on any atom is -0.339 e. The summed E-state index contributed by atoms with van der Waals surface area (Å²) in [6.07, 6.45) is 0.634. The van der Waals surface area contributed by atoms with Crippen LogP contribution in [0, 0.1) is 6.92 Å². The van der Waals surface area contributed by atoms with Crippen molar-refractivity contribution in [2.75, 3.05) is 6.54 Å². The Hall–Kier alpha value is -2.81. The van der Waals surface area contributed by atoms with Crippen LogP contribution in [0.3, 0.4) is 0 Å². The maximum absolute atomic E-state index is 13.5. The Balaban J connectivity index is 1.61. The van der Waals surface area contributed by atoms with Gasteiger partial charge in [0, 0.05) is 31.0 Å². The standard InChI is InChI=1S/C22H21N3O3S2/c1-17-23-22(24-28-17)20-14-21(29-16-20)30(26,27)25(15-19-10-6-3-7-11-19)13-12-18-8-4-2-5-9-18/h2-11,14,16H,12-13,15H2,1H3. The lowest BCUT2D eigenvalue weighted by Gasteiger charge is -2.21. The second-order valence-corrected chi connectivity index (χ2v) is 9.93. The number of rotatable bonds is 8. The largest absolute Gasteiger partial charge is 0.339 e. The number of aryl methyl sites for hydroxylation is 1. The number of hydrogen-bond donors (Lipinski definition) is 0. The topological polar surface area (TPSA) is 76.3 Å². The molecule has 0 unspecified atom stereocenters. The summed E-state index contributed by atoms with van der Waals surface area (Å²) in [5, 5.41) is 5.63. The van der Waals surface area contributed by atoms with Crippen molar-refractivity contribution in [3.8, 4) is 11.4 Å². The average molecular weight is 440 g/mol. The van der Waals surface area contributed by atoms with E-state index >= 15 is 0 Å². The van der Waals surface area contributed by atoms with E-state index in [1.807, 2.05) is 60.7 Å². The van der Waals surface area contributed by atoms with E-state index in [4.69, 9.17) is 4.52 Å². The SMILES string of the molecule is Cc1nc(-c2csc(S(=O)(=O)N(CCc3ccccc3)Cc3ccccc3)c2)no1. The number of nitrogens with zero attached hydrogens (tertiary/aromatic N) is 3. The predicted octanol–water partition coefficient (Wildman–Crippen LogP) is 4.54. The van der Waals surface area contributed by atoms with Crippen LogP contribution in [0.2, 0.25) is 0 Å². The molecule has 4 rings (SSSR count). The zero-order valence-electron chi connectivity index (χ0n) is 16.4. The molecule has 0 aliphatic heterocycles. The van der Waals surface area contributed by atoms with Crippen LogP contribution in [0.1, 0.15) is 17.0 Å². The van der Waals surface area contributed by atoms with Crippen LogP contribution in [-0.4, -0.2) is 29.4 Å². The summed E-state index contributed by atoms with van der Waals surface area (Å²) in [5.41, 5.74) is 2.68. The first-order valence-corrected chi connectivity index (χ1v) is 11.8. The molecule has 0 spiro atoms. The van der Waals surface area contributed by atoms with Crippen molar-refractivity contribution in [2.24, 2.45) is 0 Å². The van der Waals surface area contributed by atoms with Crippen molar-refractivity contribution in [1.29, 1.82) is 0 Å². The highest BCUT2D eigenvalue weighted by Gasteiger charge is 2.27. The van der Waals surface area contributed by atoms with E-state index in [2.05, 4.69) is 10.1 Å². The van der Waals surface area contributed by atoms with Crippen LogP contribution in [0.25, 0.3) is 11.4 Å². The second-order valence-electron chi connectivity index (χ2n) is 6.85. The fraction of sp³-hybridized carbons (Fsp3) is 0.182. The third-order valence-electron chi connectivity index (χ3n) is 4.65. The van der Waals surface area contributed by atoms with E-state index in [0.29, 0.717) is 36.8 Å². The molecule has 0 aliphatic carbocycles. The molecule has 8 heteroatoms. The highest BCUT2D eigenvalue weighted by molar-refractivity contribution is 7.91. The van der Waals surface area contributed by atoms with E-state index in [9.17, 15) is 8.42 Å². The number of benzene rings is 2. The van der Waals surface area contributed by atoms with Crippen molar-refractivity contribution in [1.82, 2.24) is 14.4 Å². The molecule has 154 valence electrons. The van der Waals surface area contributed by atoms with Gasteiger partial charge in [0.2, 0.25) is 11.7 Å². The van der Waals surface area contributed by atoms with Crippen LogP contribution < -0.4 is 0 Å². The third kappa shape index (κ3) is 4.67. The van der Waals surface area contributed by atoms with Crippen LogP contribution in [0.15, 0.2) is 80.8 Å². The zero-order valence-corrected chi connectivity index (χ0v) is 18.1. The number of sulfonamides is 1. The molecule has 0 fully saturated rings. The molecule has 4 aromatic rings.